The standard InChI is InChI=1S/C20H23BrFN3O/c1-24-7-9-25(10-8-24)14-16-4-2-3-15(11-16)13-23-20(26)18-6-5-17(22)12-19(18)21/h2-6,11-12H,7-10,13-14H2,1H3,(H,23,26). The molecule has 2 aromatic carbocycles. The lowest BCUT2D eigenvalue weighted by molar-refractivity contribution is 0.0950. The molecule has 0 atom stereocenters. The van der Waals surface area contributed by atoms with E-state index in [0.717, 1.165) is 38.3 Å². The summed E-state index contributed by atoms with van der Waals surface area (Å²) in [6.45, 7) is 5.73. The third kappa shape index (κ3) is 5.13. The lowest BCUT2D eigenvalue weighted by atomic mass is 10.1. The van der Waals surface area contributed by atoms with Crippen LogP contribution in [0.5, 0.6) is 0 Å². The number of piperazine rings is 1. The van der Waals surface area contributed by atoms with Crippen molar-refractivity contribution in [2.24, 2.45) is 0 Å². The Kier molecular flexibility index (Phi) is 6.40. The summed E-state index contributed by atoms with van der Waals surface area (Å²) >= 11 is 3.24. The quantitative estimate of drug-likeness (QED) is 0.807. The fourth-order valence-corrected chi connectivity index (χ4v) is 3.58. The van der Waals surface area contributed by atoms with Gasteiger partial charge in [-0.05, 0) is 52.3 Å². The smallest absolute Gasteiger partial charge is 0.252 e. The Balaban J connectivity index is 1.57. The highest BCUT2D eigenvalue weighted by Gasteiger charge is 2.14. The van der Waals surface area contributed by atoms with Crippen LogP contribution in [0.25, 0.3) is 0 Å². The molecule has 6 heteroatoms. The molecule has 0 aliphatic carbocycles. The zero-order valence-corrected chi connectivity index (χ0v) is 16.4. The van der Waals surface area contributed by atoms with Crippen LogP contribution in [0.15, 0.2) is 46.9 Å². The summed E-state index contributed by atoms with van der Waals surface area (Å²) in [5.41, 5.74) is 2.74. The summed E-state index contributed by atoms with van der Waals surface area (Å²) in [4.78, 5) is 17.1. The summed E-state index contributed by atoms with van der Waals surface area (Å²) < 4.78 is 13.6. The molecule has 0 saturated carbocycles. The van der Waals surface area contributed by atoms with E-state index in [1.54, 1.807) is 0 Å². The molecular weight excluding hydrogens is 397 g/mol. The number of carbonyl (C=O) groups is 1. The van der Waals surface area contributed by atoms with Crippen LogP contribution in [0.1, 0.15) is 21.5 Å². The topological polar surface area (TPSA) is 35.6 Å². The van der Waals surface area contributed by atoms with E-state index in [2.05, 4.69) is 50.2 Å². The Morgan fingerprint density at radius 1 is 1.12 bits per heavy atom. The minimum Gasteiger partial charge on any atom is -0.348 e. The Morgan fingerprint density at radius 2 is 1.85 bits per heavy atom. The van der Waals surface area contributed by atoms with Crippen molar-refractivity contribution in [1.29, 1.82) is 0 Å². The summed E-state index contributed by atoms with van der Waals surface area (Å²) in [5, 5.41) is 2.90. The van der Waals surface area contributed by atoms with E-state index in [1.807, 2.05) is 12.1 Å². The van der Waals surface area contributed by atoms with E-state index in [0.29, 0.717) is 16.6 Å². The number of likely N-dealkylation sites (N-methyl/N-ethyl adjacent to an activating group) is 1. The van der Waals surface area contributed by atoms with Crippen molar-refractivity contribution < 1.29 is 9.18 Å². The number of halogens is 2. The van der Waals surface area contributed by atoms with Gasteiger partial charge in [-0.2, -0.15) is 0 Å². The molecule has 1 aliphatic heterocycles. The molecule has 1 fully saturated rings. The Hall–Kier alpha value is -1.76. The third-order valence-corrected chi connectivity index (χ3v) is 5.28. The van der Waals surface area contributed by atoms with Gasteiger partial charge in [0.25, 0.3) is 5.91 Å². The molecule has 1 N–H and O–H groups in total. The molecule has 0 aromatic heterocycles. The van der Waals surface area contributed by atoms with Gasteiger partial charge in [0, 0.05) is 43.7 Å². The lowest BCUT2D eigenvalue weighted by Gasteiger charge is -2.32. The second-order valence-electron chi connectivity index (χ2n) is 6.71. The number of nitrogens with zero attached hydrogens (tertiary/aromatic N) is 2. The lowest BCUT2D eigenvalue weighted by Crippen LogP contribution is -2.43. The van der Waals surface area contributed by atoms with E-state index in [1.165, 1.54) is 23.8 Å². The SMILES string of the molecule is CN1CCN(Cc2cccc(CNC(=O)c3ccc(F)cc3Br)c2)CC1. The maximum Gasteiger partial charge on any atom is 0.252 e. The van der Waals surface area contributed by atoms with Crippen LogP contribution in [0, 0.1) is 5.82 Å². The molecule has 1 heterocycles. The van der Waals surface area contributed by atoms with Crippen molar-refractivity contribution in [3.8, 4) is 0 Å². The molecule has 26 heavy (non-hydrogen) atoms. The third-order valence-electron chi connectivity index (χ3n) is 4.62. The van der Waals surface area contributed by atoms with Gasteiger partial charge < -0.3 is 10.2 Å². The van der Waals surface area contributed by atoms with Crippen molar-refractivity contribution in [1.82, 2.24) is 15.1 Å². The highest BCUT2D eigenvalue weighted by Crippen LogP contribution is 2.18. The Bertz CT molecular complexity index is 775. The van der Waals surface area contributed by atoms with E-state index < -0.39 is 0 Å². The largest absolute Gasteiger partial charge is 0.348 e. The molecule has 1 amide bonds. The molecule has 2 aromatic rings. The van der Waals surface area contributed by atoms with Crippen LogP contribution in [-0.4, -0.2) is 48.9 Å². The summed E-state index contributed by atoms with van der Waals surface area (Å²) in [5.74, 6) is -0.591. The summed E-state index contributed by atoms with van der Waals surface area (Å²) in [6, 6.07) is 12.4. The van der Waals surface area contributed by atoms with E-state index >= 15 is 0 Å². The number of carbonyl (C=O) groups excluding carboxylic acids is 1. The fourth-order valence-electron chi connectivity index (χ4n) is 3.05. The van der Waals surface area contributed by atoms with Crippen molar-refractivity contribution in [3.63, 3.8) is 0 Å². The molecular formula is C20H23BrFN3O. The second-order valence-corrected chi connectivity index (χ2v) is 7.56. The van der Waals surface area contributed by atoms with Gasteiger partial charge in [-0.25, -0.2) is 4.39 Å². The van der Waals surface area contributed by atoms with Crippen molar-refractivity contribution in [3.05, 3.63) is 69.4 Å². The monoisotopic (exact) mass is 419 g/mol. The Labute approximate surface area is 162 Å². The second kappa shape index (κ2) is 8.75. The molecule has 0 radical (unpaired) electrons. The maximum atomic E-state index is 13.2. The van der Waals surface area contributed by atoms with Gasteiger partial charge in [-0.1, -0.05) is 24.3 Å². The minimum atomic E-state index is -0.370. The van der Waals surface area contributed by atoms with Gasteiger partial charge in [-0.15, -0.1) is 0 Å². The average Bonchev–Trinajstić information content (AvgIpc) is 2.62. The number of hydrogen-bond acceptors (Lipinski definition) is 3. The fraction of sp³-hybridized carbons (Fsp3) is 0.350. The van der Waals surface area contributed by atoms with Crippen molar-refractivity contribution in [2.75, 3.05) is 33.2 Å². The van der Waals surface area contributed by atoms with Crippen LogP contribution in [0.4, 0.5) is 4.39 Å². The predicted molar refractivity (Wildman–Crippen MR) is 104 cm³/mol. The number of benzene rings is 2. The number of amides is 1. The van der Waals surface area contributed by atoms with Crippen LogP contribution in [-0.2, 0) is 13.1 Å². The number of rotatable bonds is 5. The molecule has 0 spiro atoms. The first-order valence-corrected chi connectivity index (χ1v) is 9.52. The van der Waals surface area contributed by atoms with Crippen LogP contribution < -0.4 is 5.32 Å². The van der Waals surface area contributed by atoms with Gasteiger partial charge in [0.2, 0.25) is 0 Å². The number of hydrogen-bond donors (Lipinski definition) is 1. The Morgan fingerprint density at radius 3 is 2.58 bits per heavy atom. The summed E-state index contributed by atoms with van der Waals surface area (Å²) in [7, 11) is 2.15. The molecule has 138 valence electrons. The van der Waals surface area contributed by atoms with Crippen LogP contribution in [0.2, 0.25) is 0 Å². The van der Waals surface area contributed by atoms with Crippen LogP contribution in [0.3, 0.4) is 0 Å². The van der Waals surface area contributed by atoms with Gasteiger partial charge >= 0.3 is 0 Å². The van der Waals surface area contributed by atoms with Crippen molar-refractivity contribution in [2.45, 2.75) is 13.1 Å². The van der Waals surface area contributed by atoms with Crippen molar-refractivity contribution >= 4 is 21.8 Å². The highest BCUT2D eigenvalue weighted by atomic mass is 79.9. The van der Waals surface area contributed by atoms with E-state index in [-0.39, 0.29) is 11.7 Å². The van der Waals surface area contributed by atoms with Gasteiger partial charge in [0.05, 0.1) is 5.56 Å². The zero-order valence-electron chi connectivity index (χ0n) is 14.8. The molecule has 4 nitrogen and oxygen atoms in total. The maximum absolute atomic E-state index is 13.2. The molecule has 0 unspecified atom stereocenters. The first-order valence-electron chi connectivity index (χ1n) is 8.73. The van der Waals surface area contributed by atoms with Crippen LogP contribution >= 0.6 is 15.9 Å². The molecule has 3 rings (SSSR count). The van der Waals surface area contributed by atoms with Gasteiger partial charge in [0.1, 0.15) is 5.82 Å². The first kappa shape index (κ1) is 19.0. The highest BCUT2D eigenvalue weighted by molar-refractivity contribution is 9.10. The number of nitrogens with one attached hydrogen (secondary N) is 1. The molecule has 1 saturated heterocycles. The average molecular weight is 420 g/mol. The molecule has 0 bridgehead atoms. The predicted octanol–water partition coefficient (Wildman–Crippen LogP) is 3.27. The first-order chi connectivity index (χ1) is 12.5. The van der Waals surface area contributed by atoms with E-state index in [4.69, 9.17) is 0 Å². The zero-order chi connectivity index (χ0) is 18.5. The van der Waals surface area contributed by atoms with E-state index in [9.17, 15) is 9.18 Å². The van der Waals surface area contributed by atoms with Gasteiger partial charge in [-0.3, -0.25) is 9.69 Å². The van der Waals surface area contributed by atoms with Gasteiger partial charge in [0.15, 0.2) is 0 Å². The normalized spacial score (nSPS) is 15.8. The summed E-state index contributed by atoms with van der Waals surface area (Å²) in [6.07, 6.45) is 0. The molecule has 1 aliphatic rings. The minimum absolute atomic E-state index is 0.221.